The number of amides is 1. The average Bonchev–Trinajstić information content (AvgIpc) is 3.17. The average molecular weight is 297 g/mol. The standard InChI is InChI=1S/C17H19N3O2/c1-10-12-4-2-3-5-14(12)22-15(10)9-18-17(21)13-8-19-20-16(13)11-6-7-11/h2-5,8,10-11,15H,6-7,9H2,1H3,(H,18,21)(H,19,20)/t10-,15-/m1/s1. The molecule has 0 saturated heterocycles. The van der Waals surface area contributed by atoms with Crippen LogP contribution >= 0.6 is 0 Å². The van der Waals surface area contributed by atoms with Crippen LogP contribution in [-0.4, -0.2) is 28.8 Å². The molecule has 2 N–H and O–H groups in total. The maximum absolute atomic E-state index is 12.4. The molecule has 1 aliphatic heterocycles. The van der Waals surface area contributed by atoms with E-state index in [9.17, 15) is 4.79 Å². The van der Waals surface area contributed by atoms with E-state index in [1.807, 2.05) is 18.2 Å². The van der Waals surface area contributed by atoms with Crippen LogP contribution in [0.25, 0.3) is 0 Å². The SMILES string of the molecule is C[C@@H]1c2ccccc2O[C@@H]1CNC(=O)c1cn[nH]c1C1CC1. The Morgan fingerprint density at radius 1 is 1.41 bits per heavy atom. The van der Waals surface area contributed by atoms with Gasteiger partial charge in [0.05, 0.1) is 24.0 Å². The molecule has 1 aliphatic carbocycles. The number of nitrogens with zero attached hydrogens (tertiary/aromatic N) is 1. The van der Waals surface area contributed by atoms with Crippen molar-refractivity contribution in [1.29, 1.82) is 0 Å². The Labute approximate surface area is 129 Å². The highest BCUT2D eigenvalue weighted by Crippen LogP contribution is 2.40. The van der Waals surface area contributed by atoms with Crippen LogP contribution in [-0.2, 0) is 0 Å². The minimum Gasteiger partial charge on any atom is -0.488 e. The lowest BCUT2D eigenvalue weighted by molar-refractivity contribution is 0.0928. The second-order valence-corrected chi connectivity index (χ2v) is 6.16. The molecule has 0 bridgehead atoms. The fourth-order valence-electron chi connectivity index (χ4n) is 3.10. The number of nitrogens with one attached hydrogen (secondary N) is 2. The monoisotopic (exact) mass is 297 g/mol. The minimum atomic E-state index is -0.0672. The first-order chi connectivity index (χ1) is 10.7. The minimum absolute atomic E-state index is 0.0161. The lowest BCUT2D eigenvalue weighted by Crippen LogP contribution is -2.36. The molecule has 1 amide bonds. The first-order valence-corrected chi connectivity index (χ1v) is 7.81. The third-order valence-corrected chi connectivity index (χ3v) is 4.61. The van der Waals surface area contributed by atoms with Crippen LogP contribution in [0.15, 0.2) is 30.5 Å². The van der Waals surface area contributed by atoms with Gasteiger partial charge >= 0.3 is 0 Å². The topological polar surface area (TPSA) is 67.0 Å². The number of carbonyl (C=O) groups excluding carboxylic acids is 1. The Hall–Kier alpha value is -2.30. The summed E-state index contributed by atoms with van der Waals surface area (Å²) in [7, 11) is 0. The number of aromatic nitrogens is 2. The maximum Gasteiger partial charge on any atom is 0.254 e. The molecule has 1 fully saturated rings. The number of carbonyl (C=O) groups is 1. The summed E-state index contributed by atoms with van der Waals surface area (Å²) in [6.07, 6.45) is 3.88. The molecule has 2 aromatic rings. The molecule has 0 unspecified atom stereocenters. The van der Waals surface area contributed by atoms with E-state index in [1.165, 1.54) is 5.56 Å². The molecule has 5 nitrogen and oxygen atoms in total. The highest BCUT2D eigenvalue weighted by atomic mass is 16.5. The zero-order chi connectivity index (χ0) is 15.1. The van der Waals surface area contributed by atoms with Gasteiger partial charge in [0.1, 0.15) is 11.9 Å². The van der Waals surface area contributed by atoms with Gasteiger partial charge in [-0.25, -0.2) is 0 Å². The van der Waals surface area contributed by atoms with Crippen molar-refractivity contribution in [2.45, 2.75) is 37.7 Å². The molecular formula is C17H19N3O2. The predicted octanol–water partition coefficient (Wildman–Crippen LogP) is 2.58. The fourth-order valence-corrected chi connectivity index (χ4v) is 3.10. The predicted molar refractivity (Wildman–Crippen MR) is 82.2 cm³/mol. The van der Waals surface area contributed by atoms with E-state index < -0.39 is 0 Å². The van der Waals surface area contributed by atoms with Gasteiger partial charge in [0, 0.05) is 17.4 Å². The molecule has 114 valence electrons. The van der Waals surface area contributed by atoms with Gasteiger partial charge in [-0.2, -0.15) is 5.10 Å². The second-order valence-electron chi connectivity index (χ2n) is 6.16. The summed E-state index contributed by atoms with van der Waals surface area (Å²) in [4.78, 5) is 12.4. The van der Waals surface area contributed by atoms with Crippen molar-refractivity contribution in [3.63, 3.8) is 0 Å². The molecular weight excluding hydrogens is 278 g/mol. The zero-order valence-corrected chi connectivity index (χ0v) is 12.5. The van der Waals surface area contributed by atoms with E-state index in [1.54, 1.807) is 6.20 Å². The molecule has 2 atom stereocenters. The summed E-state index contributed by atoms with van der Waals surface area (Å²) in [5.74, 6) is 1.62. The lowest BCUT2D eigenvalue weighted by atomic mass is 9.97. The molecule has 1 saturated carbocycles. The lowest BCUT2D eigenvalue weighted by Gasteiger charge is -2.16. The number of benzene rings is 1. The Morgan fingerprint density at radius 3 is 3.00 bits per heavy atom. The summed E-state index contributed by atoms with van der Waals surface area (Å²) in [5.41, 5.74) is 2.86. The van der Waals surface area contributed by atoms with E-state index in [4.69, 9.17) is 4.74 Å². The van der Waals surface area contributed by atoms with Crippen molar-refractivity contribution in [1.82, 2.24) is 15.5 Å². The van der Waals surface area contributed by atoms with Crippen molar-refractivity contribution < 1.29 is 9.53 Å². The molecule has 22 heavy (non-hydrogen) atoms. The number of rotatable bonds is 4. The number of H-pyrrole nitrogens is 1. The van der Waals surface area contributed by atoms with Crippen LogP contribution in [0.2, 0.25) is 0 Å². The first kappa shape index (κ1) is 13.4. The molecule has 2 aliphatic rings. The van der Waals surface area contributed by atoms with Crippen molar-refractivity contribution in [2.24, 2.45) is 0 Å². The van der Waals surface area contributed by atoms with Gasteiger partial charge in [-0.15, -0.1) is 0 Å². The third-order valence-electron chi connectivity index (χ3n) is 4.61. The summed E-state index contributed by atoms with van der Waals surface area (Å²) in [5, 5.41) is 9.96. The molecule has 1 aromatic carbocycles. The van der Waals surface area contributed by atoms with E-state index >= 15 is 0 Å². The Bertz CT molecular complexity index is 705. The van der Waals surface area contributed by atoms with Crippen LogP contribution in [0.4, 0.5) is 0 Å². The van der Waals surface area contributed by atoms with Crippen LogP contribution < -0.4 is 10.1 Å². The number of aromatic amines is 1. The van der Waals surface area contributed by atoms with Crippen molar-refractivity contribution in [2.75, 3.05) is 6.54 Å². The van der Waals surface area contributed by atoms with Crippen LogP contribution in [0, 0.1) is 0 Å². The van der Waals surface area contributed by atoms with Crippen LogP contribution in [0.5, 0.6) is 5.75 Å². The third kappa shape index (κ3) is 2.26. The van der Waals surface area contributed by atoms with Gasteiger partial charge in [0.2, 0.25) is 0 Å². The van der Waals surface area contributed by atoms with E-state index in [0.717, 1.165) is 24.3 Å². The van der Waals surface area contributed by atoms with Crippen molar-refractivity contribution in [3.8, 4) is 5.75 Å². The zero-order valence-electron chi connectivity index (χ0n) is 12.5. The smallest absolute Gasteiger partial charge is 0.254 e. The maximum atomic E-state index is 12.4. The summed E-state index contributed by atoms with van der Waals surface area (Å²) >= 11 is 0. The van der Waals surface area contributed by atoms with Gasteiger partial charge in [0.15, 0.2) is 0 Å². The number of fused-ring (bicyclic) bond motifs is 1. The van der Waals surface area contributed by atoms with Crippen molar-refractivity contribution >= 4 is 5.91 Å². The Kier molecular flexibility index (Phi) is 3.13. The Morgan fingerprint density at radius 2 is 2.23 bits per heavy atom. The molecule has 5 heteroatoms. The number of hydrogen-bond acceptors (Lipinski definition) is 3. The van der Waals surface area contributed by atoms with Crippen LogP contribution in [0.1, 0.15) is 53.2 Å². The van der Waals surface area contributed by atoms with E-state index in [2.05, 4.69) is 28.5 Å². The molecule has 0 spiro atoms. The summed E-state index contributed by atoms with van der Waals surface area (Å²) in [6.45, 7) is 2.64. The summed E-state index contributed by atoms with van der Waals surface area (Å²) in [6, 6.07) is 8.06. The van der Waals surface area contributed by atoms with Crippen molar-refractivity contribution in [3.05, 3.63) is 47.3 Å². The number of hydrogen-bond donors (Lipinski definition) is 2. The normalized spacial score (nSPS) is 23.0. The quantitative estimate of drug-likeness (QED) is 0.911. The van der Waals surface area contributed by atoms with Crippen LogP contribution in [0.3, 0.4) is 0 Å². The number of ether oxygens (including phenoxy) is 1. The number of para-hydroxylation sites is 1. The molecule has 2 heterocycles. The van der Waals surface area contributed by atoms with Gasteiger partial charge in [-0.05, 0) is 18.9 Å². The van der Waals surface area contributed by atoms with Gasteiger partial charge in [-0.1, -0.05) is 25.1 Å². The fraction of sp³-hybridized carbons (Fsp3) is 0.412. The van der Waals surface area contributed by atoms with E-state index in [0.29, 0.717) is 18.0 Å². The molecule has 4 rings (SSSR count). The first-order valence-electron chi connectivity index (χ1n) is 7.81. The van der Waals surface area contributed by atoms with Gasteiger partial charge < -0.3 is 10.1 Å². The highest BCUT2D eigenvalue weighted by Gasteiger charge is 2.32. The highest BCUT2D eigenvalue weighted by molar-refractivity contribution is 5.95. The summed E-state index contributed by atoms with van der Waals surface area (Å²) < 4.78 is 5.94. The Balaban J connectivity index is 1.41. The van der Waals surface area contributed by atoms with Gasteiger partial charge in [0.25, 0.3) is 5.91 Å². The van der Waals surface area contributed by atoms with Gasteiger partial charge in [-0.3, -0.25) is 9.89 Å². The largest absolute Gasteiger partial charge is 0.488 e. The van der Waals surface area contributed by atoms with E-state index in [-0.39, 0.29) is 17.9 Å². The second kappa shape index (κ2) is 5.16. The molecule has 0 radical (unpaired) electrons. The molecule has 1 aromatic heterocycles.